The zero-order valence-corrected chi connectivity index (χ0v) is 29.7. The van der Waals surface area contributed by atoms with E-state index >= 15 is 0 Å². The van der Waals surface area contributed by atoms with Crippen LogP contribution in [-0.4, -0.2) is 74.2 Å². The van der Waals surface area contributed by atoms with Gasteiger partial charge in [-0.2, -0.15) is 0 Å². The van der Waals surface area contributed by atoms with Crippen molar-refractivity contribution in [2.45, 2.75) is 168 Å². The lowest BCUT2D eigenvalue weighted by molar-refractivity contribution is -0.215. The number of rotatable bonds is 15. The van der Waals surface area contributed by atoms with E-state index in [1.54, 1.807) is 13.8 Å². The second kappa shape index (κ2) is 15.0. The van der Waals surface area contributed by atoms with Crippen molar-refractivity contribution < 1.29 is 38.1 Å². The first kappa shape index (κ1) is 37.3. The third-order valence-corrected chi connectivity index (χ3v) is 14.1. The third-order valence-electron chi connectivity index (χ3n) is 9.61. The molecule has 0 spiro atoms. The van der Waals surface area contributed by atoms with Crippen LogP contribution in [-0.2, 0) is 33.0 Å². The van der Waals surface area contributed by atoms with Gasteiger partial charge in [0.25, 0.3) is 0 Å². The molecule has 42 heavy (non-hydrogen) atoms. The van der Waals surface area contributed by atoms with Gasteiger partial charge in [-0.1, -0.05) is 48.0 Å². The molecule has 0 aromatic rings. The fraction of sp³-hybridized carbons (Fsp3) is 0.939. The molecular weight excluding hydrogens is 552 g/mol. The van der Waals surface area contributed by atoms with Gasteiger partial charge in [-0.3, -0.25) is 9.59 Å². The standard InChI is InChI=1S/C33H62O8Si/c1-13-14-26(41-42(11,12)32(8,9)10)21-25-15-16-28(39-25)23(3)29(35)22(2)27(34)17-18-33(37-19-20-38-33)24(4)30(36)40-31(5,6)7/h22-26,28-29,35H,13-21H2,1-12H3/t22-,23-,24?,25+,26+,28-,29-/m1/s1. The highest BCUT2D eigenvalue weighted by Gasteiger charge is 2.48. The van der Waals surface area contributed by atoms with E-state index in [4.69, 9.17) is 23.4 Å². The monoisotopic (exact) mass is 614 g/mol. The van der Waals surface area contributed by atoms with E-state index < -0.39 is 43.6 Å². The second-order valence-corrected chi connectivity index (χ2v) is 20.0. The summed E-state index contributed by atoms with van der Waals surface area (Å²) in [6, 6.07) is 0. The summed E-state index contributed by atoms with van der Waals surface area (Å²) < 4.78 is 30.6. The van der Waals surface area contributed by atoms with Gasteiger partial charge in [0.1, 0.15) is 17.3 Å². The van der Waals surface area contributed by atoms with Crippen LogP contribution in [0.15, 0.2) is 0 Å². The lowest BCUT2D eigenvalue weighted by atomic mass is 9.83. The van der Waals surface area contributed by atoms with Crippen molar-refractivity contribution in [1.29, 1.82) is 0 Å². The molecule has 0 bridgehead atoms. The molecule has 0 aliphatic carbocycles. The van der Waals surface area contributed by atoms with Crippen LogP contribution in [0.25, 0.3) is 0 Å². The van der Waals surface area contributed by atoms with E-state index in [1.807, 2.05) is 27.7 Å². The molecule has 2 aliphatic heterocycles. The summed E-state index contributed by atoms with van der Waals surface area (Å²) in [6.07, 6.45) is 4.45. The molecule has 8 nitrogen and oxygen atoms in total. The SMILES string of the molecule is CCC[C@@H](C[C@@H]1CC[C@H]([C@@H](C)[C@H](O)[C@H](C)C(=O)CCC2(C(C)C(=O)OC(C)(C)C)OCCO2)O1)O[Si](C)(C)C(C)(C)C. The van der Waals surface area contributed by atoms with Crippen LogP contribution in [0.1, 0.15) is 114 Å². The highest BCUT2D eigenvalue weighted by atomic mass is 28.4. The Hall–Kier alpha value is -0.843. The zero-order valence-electron chi connectivity index (χ0n) is 28.7. The maximum absolute atomic E-state index is 13.3. The summed E-state index contributed by atoms with van der Waals surface area (Å²) in [6.45, 7) is 25.3. The number of hydrogen-bond acceptors (Lipinski definition) is 8. The van der Waals surface area contributed by atoms with Crippen molar-refractivity contribution in [2.24, 2.45) is 17.8 Å². The molecule has 246 valence electrons. The molecule has 2 heterocycles. The molecule has 7 atom stereocenters. The molecule has 1 unspecified atom stereocenters. The van der Waals surface area contributed by atoms with E-state index in [0.717, 1.165) is 32.1 Å². The highest BCUT2D eigenvalue weighted by Crippen LogP contribution is 2.40. The van der Waals surface area contributed by atoms with Gasteiger partial charge in [0, 0.05) is 30.8 Å². The Bertz CT molecular complexity index is 870. The molecule has 0 aromatic heterocycles. The lowest BCUT2D eigenvalue weighted by Gasteiger charge is -2.40. The van der Waals surface area contributed by atoms with E-state index in [2.05, 4.69) is 40.8 Å². The molecule has 0 aromatic carbocycles. The van der Waals surface area contributed by atoms with Gasteiger partial charge in [-0.05, 0) is 71.5 Å². The first-order valence-electron chi connectivity index (χ1n) is 16.3. The number of ether oxygens (including phenoxy) is 4. The molecule has 0 saturated carbocycles. The summed E-state index contributed by atoms with van der Waals surface area (Å²) in [4.78, 5) is 26.1. The lowest BCUT2D eigenvalue weighted by Crippen LogP contribution is -2.45. The molecule has 2 rings (SSSR count). The Labute approximate surface area is 257 Å². The maximum atomic E-state index is 13.3. The normalized spacial score (nSPS) is 25.1. The summed E-state index contributed by atoms with van der Waals surface area (Å²) in [5.41, 5.74) is -0.633. The number of aliphatic hydroxyl groups is 1. The van der Waals surface area contributed by atoms with E-state index in [-0.39, 0.29) is 47.9 Å². The Morgan fingerprint density at radius 2 is 1.62 bits per heavy atom. The molecule has 0 amide bonds. The number of carbonyl (C=O) groups excluding carboxylic acids is 2. The number of carbonyl (C=O) groups is 2. The quantitative estimate of drug-likeness (QED) is 0.158. The van der Waals surface area contributed by atoms with Crippen molar-refractivity contribution >= 4 is 20.1 Å². The maximum Gasteiger partial charge on any atom is 0.314 e. The predicted octanol–water partition coefficient (Wildman–Crippen LogP) is 6.82. The average Bonchev–Trinajstić information content (AvgIpc) is 3.54. The van der Waals surface area contributed by atoms with Gasteiger partial charge in [-0.15, -0.1) is 0 Å². The zero-order chi connectivity index (χ0) is 32.1. The summed E-state index contributed by atoms with van der Waals surface area (Å²) >= 11 is 0. The van der Waals surface area contributed by atoms with E-state index in [0.29, 0.717) is 13.2 Å². The first-order chi connectivity index (χ1) is 19.2. The van der Waals surface area contributed by atoms with Gasteiger partial charge in [0.15, 0.2) is 14.1 Å². The van der Waals surface area contributed by atoms with Crippen molar-refractivity contribution in [3.63, 3.8) is 0 Å². The number of aliphatic hydroxyl groups excluding tert-OH is 1. The molecule has 0 radical (unpaired) electrons. The molecule has 2 aliphatic rings. The average molecular weight is 615 g/mol. The number of hydrogen-bond donors (Lipinski definition) is 1. The van der Waals surface area contributed by atoms with Crippen LogP contribution in [0.4, 0.5) is 0 Å². The van der Waals surface area contributed by atoms with Crippen LogP contribution in [0, 0.1) is 17.8 Å². The Morgan fingerprint density at radius 1 is 1.02 bits per heavy atom. The minimum atomic E-state index is -1.89. The van der Waals surface area contributed by atoms with Crippen LogP contribution >= 0.6 is 0 Å². The van der Waals surface area contributed by atoms with Crippen LogP contribution < -0.4 is 0 Å². The van der Waals surface area contributed by atoms with E-state index in [1.165, 1.54) is 0 Å². The fourth-order valence-corrected chi connectivity index (χ4v) is 7.17. The smallest absolute Gasteiger partial charge is 0.314 e. The Kier molecular flexibility index (Phi) is 13.3. The molecule has 9 heteroatoms. The van der Waals surface area contributed by atoms with Gasteiger partial charge < -0.3 is 28.5 Å². The van der Waals surface area contributed by atoms with Gasteiger partial charge in [0.2, 0.25) is 0 Å². The molecule has 2 fully saturated rings. The van der Waals surface area contributed by atoms with Crippen LogP contribution in [0.3, 0.4) is 0 Å². The highest BCUT2D eigenvalue weighted by molar-refractivity contribution is 6.74. The minimum absolute atomic E-state index is 0.0791. The minimum Gasteiger partial charge on any atom is -0.460 e. The Balaban J connectivity index is 1.95. The summed E-state index contributed by atoms with van der Waals surface area (Å²) in [5.74, 6) is -3.14. The molecular formula is C33H62O8Si. The topological polar surface area (TPSA) is 101 Å². The summed E-state index contributed by atoms with van der Waals surface area (Å²) in [7, 11) is -1.89. The van der Waals surface area contributed by atoms with Gasteiger partial charge in [0.05, 0.1) is 31.5 Å². The molecule has 2 saturated heterocycles. The number of esters is 1. The Morgan fingerprint density at radius 3 is 2.14 bits per heavy atom. The van der Waals surface area contributed by atoms with Gasteiger partial charge in [-0.25, -0.2) is 0 Å². The number of ketones is 1. The van der Waals surface area contributed by atoms with Crippen molar-refractivity contribution in [1.82, 2.24) is 0 Å². The number of Topliss-reactive ketones (excluding diaryl/α,β-unsaturated/α-hetero) is 1. The van der Waals surface area contributed by atoms with Crippen LogP contribution in [0.5, 0.6) is 0 Å². The third kappa shape index (κ3) is 10.1. The van der Waals surface area contributed by atoms with Crippen molar-refractivity contribution in [3.05, 3.63) is 0 Å². The van der Waals surface area contributed by atoms with Crippen molar-refractivity contribution in [3.8, 4) is 0 Å². The predicted molar refractivity (Wildman–Crippen MR) is 168 cm³/mol. The largest absolute Gasteiger partial charge is 0.460 e. The summed E-state index contributed by atoms with van der Waals surface area (Å²) in [5, 5.41) is 11.4. The first-order valence-corrected chi connectivity index (χ1v) is 19.2. The fourth-order valence-electron chi connectivity index (χ4n) is 5.77. The van der Waals surface area contributed by atoms with Crippen LogP contribution in [0.2, 0.25) is 18.1 Å². The van der Waals surface area contributed by atoms with Gasteiger partial charge >= 0.3 is 5.97 Å². The van der Waals surface area contributed by atoms with E-state index in [9.17, 15) is 14.7 Å². The second-order valence-electron chi connectivity index (χ2n) is 15.3. The molecule has 1 N–H and O–H groups in total. The van der Waals surface area contributed by atoms with Crippen molar-refractivity contribution in [2.75, 3.05) is 13.2 Å².